The highest BCUT2D eigenvalue weighted by atomic mass is 79.9. The van der Waals surface area contributed by atoms with Gasteiger partial charge in [-0.3, -0.25) is 0 Å². The Morgan fingerprint density at radius 2 is 2.09 bits per heavy atom. The van der Waals surface area contributed by atoms with Crippen LogP contribution in [0, 0.1) is 0 Å². The highest BCUT2D eigenvalue weighted by Crippen LogP contribution is 2.20. The van der Waals surface area contributed by atoms with Crippen molar-refractivity contribution in [3.05, 3.63) is 40.3 Å². The lowest BCUT2D eigenvalue weighted by Crippen LogP contribution is -2.37. The van der Waals surface area contributed by atoms with Gasteiger partial charge in [0, 0.05) is 44.8 Å². The van der Waals surface area contributed by atoms with Crippen LogP contribution in [0.3, 0.4) is 0 Å². The van der Waals surface area contributed by atoms with E-state index in [0.717, 1.165) is 61.3 Å². The Balaban J connectivity index is 1.45. The fourth-order valence-corrected chi connectivity index (χ4v) is 4.02. The number of pyridine rings is 1. The second-order valence-electron chi connectivity index (χ2n) is 8.18. The first-order chi connectivity index (χ1) is 16.0. The third-order valence-electron chi connectivity index (χ3n) is 5.68. The number of carboxylic acids is 1. The topological polar surface area (TPSA) is 113 Å². The average molecular weight is 521 g/mol. The van der Waals surface area contributed by atoms with E-state index < -0.39 is 12.0 Å². The number of hydrogen-bond donors (Lipinski definition) is 3. The number of anilines is 2. The molecule has 1 aliphatic heterocycles. The molecule has 2 aromatic heterocycles. The molecule has 0 fully saturated rings. The molecule has 0 unspecified atom stereocenters. The summed E-state index contributed by atoms with van der Waals surface area (Å²) in [4.78, 5) is 27.0. The van der Waals surface area contributed by atoms with Crippen molar-refractivity contribution in [1.82, 2.24) is 19.9 Å². The number of rotatable bonds is 14. The smallest absolute Gasteiger partial charge is 0.326 e. The maximum absolute atomic E-state index is 11.7. The summed E-state index contributed by atoms with van der Waals surface area (Å²) in [5.41, 5.74) is 2.43. The zero-order chi connectivity index (χ0) is 23.5. The van der Waals surface area contributed by atoms with E-state index in [-0.39, 0.29) is 0 Å². The van der Waals surface area contributed by atoms with E-state index in [1.165, 1.54) is 12.0 Å². The molecule has 3 N–H and O–H groups in total. The van der Waals surface area contributed by atoms with Crippen molar-refractivity contribution in [2.24, 2.45) is 0 Å². The van der Waals surface area contributed by atoms with Crippen molar-refractivity contribution in [2.45, 2.75) is 44.6 Å². The molecule has 3 rings (SSSR count). The molecule has 1 atom stereocenters. The van der Waals surface area contributed by atoms with E-state index in [1.807, 2.05) is 0 Å². The van der Waals surface area contributed by atoms with Gasteiger partial charge in [-0.2, -0.15) is 0 Å². The minimum absolute atomic E-state index is 0.307. The number of nitrogens with zero attached hydrogens (tertiary/aromatic N) is 4. The zero-order valence-corrected chi connectivity index (χ0v) is 20.7. The highest BCUT2D eigenvalue weighted by Gasteiger charge is 2.20. The van der Waals surface area contributed by atoms with Gasteiger partial charge in [0.1, 0.15) is 11.9 Å². The van der Waals surface area contributed by atoms with E-state index in [2.05, 4.69) is 53.6 Å². The molecule has 0 amide bonds. The minimum Gasteiger partial charge on any atom is -0.480 e. The molecule has 0 saturated carbocycles. The van der Waals surface area contributed by atoms with Gasteiger partial charge in [0.15, 0.2) is 0 Å². The summed E-state index contributed by atoms with van der Waals surface area (Å²) in [6.07, 6.45) is 8.87. The van der Waals surface area contributed by atoms with E-state index in [4.69, 9.17) is 9.72 Å². The fraction of sp³-hybridized carbons (Fsp3) is 0.565. The van der Waals surface area contributed by atoms with Crippen LogP contribution in [0.4, 0.5) is 11.8 Å². The van der Waals surface area contributed by atoms with Gasteiger partial charge >= 0.3 is 5.97 Å². The molecule has 10 heteroatoms. The molecule has 0 aliphatic carbocycles. The molecule has 9 nitrogen and oxygen atoms in total. The van der Waals surface area contributed by atoms with Crippen LogP contribution >= 0.6 is 15.9 Å². The molecular formula is C23H33BrN6O3. The quantitative estimate of drug-likeness (QED) is 0.323. The van der Waals surface area contributed by atoms with Crippen LogP contribution in [0.25, 0.3) is 0 Å². The summed E-state index contributed by atoms with van der Waals surface area (Å²) in [5.74, 6) is 0.434. The molecule has 33 heavy (non-hydrogen) atoms. The van der Waals surface area contributed by atoms with Gasteiger partial charge in [0.05, 0.1) is 11.1 Å². The average Bonchev–Trinajstić information content (AvgIpc) is 2.83. The molecular weight excluding hydrogens is 488 g/mol. The predicted molar refractivity (Wildman–Crippen MR) is 132 cm³/mol. The van der Waals surface area contributed by atoms with Crippen LogP contribution in [-0.2, 0) is 22.4 Å². The first-order valence-corrected chi connectivity index (χ1v) is 12.3. The van der Waals surface area contributed by atoms with Crippen LogP contribution in [0.2, 0.25) is 0 Å². The van der Waals surface area contributed by atoms with Crippen LogP contribution in [0.1, 0.15) is 36.9 Å². The Bertz CT molecular complexity index is 883. The molecule has 2 aromatic rings. The van der Waals surface area contributed by atoms with Crippen molar-refractivity contribution in [3.63, 3.8) is 0 Å². The lowest BCUT2D eigenvalue weighted by Gasteiger charge is -2.24. The van der Waals surface area contributed by atoms with Gasteiger partial charge in [-0.15, -0.1) is 0 Å². The molecule has 0 saturated heterocycles. The van der Waals surface area contributed by atoms with Crippen molar-refractivity contribution in [2.75, 3.05) is 50.5 Å². The van der Waals surface area contributed by atoms with Crippen LogP contribution in [0.5, 0.6) is 0 Å². The third-order valence-corrected chi connectivity index (χ3v) is 6.09. The normalized spacial score (nSPS) is 13.9. The summed E-state index contributed by atoms with van der Waals surface area (Å²) in [5, 5.41) is 15.9. The number of hydrogen-bond acceptors (Lipinski definition) is 8. The number of aryl methyl sites for hydroxylation is 2. The molecule has 0 bridgehead atoms. The van der Waals surface area contributed by atoms with Crippen molar-refractivity contribution < 1.29 is 14.6 Å². The van der Waals surface area contributed by atoms with Gasteiger partial charge in [-0.1, -0.05) is 6.07 Å². The number of carboxylic acid groups (broad SMARTS) is 1. The van der Waals surface area contributed by atoms with Gasteiger partial charge in [-0.05, 0) is 72.6 Å². The summed E-state index contributed by atoms with van der Waals surface area (Å²) >= 11 is 3.28. The van der Waals surface area contributed by atoms with Gasteiger partial charge in [0.2, 0.25) is 5.95 Å². The maximum Gasteiger partial charge on any atom is 0.326 e. The fourth-order valence-electron chi connectivity index (χ4n) is 3.82. The van der Waals surface area contributed by atoms with Crippen molar-refractivity contribution in [3.8, 4) is 0 Å². The molecule has 180 valence electrons. The van der Waals surface area contributed by atoms with Gasteiger partial charge < -0.3 is 25.4 Å². The van der Waals surface area contributed by atoms with Crippen molar-refractivity contribution in [1.29, 1.82) is 0 Å². The maximum atomic E-state index is 11.7. The van der Waals surface area contributed by atoms with E-state index in [1.54, 1.807) is 19.5 Å². The largest absolute Gasteiger partial charge is 0.480 e. The van der Waals surface area contributed by atoms with E-state index in [0.29, 0.717) is 25.5 Å². The summed E-state index contributed by atoms with van der Waals surface area (Å²) in [7, 11) is 1.68. The second kappa shape index (κ2) is 13.4. The van der Waals surface area contributed by atoms with E-state index in [9.17, 15) is 9.90 Å². The number of nitrogens with one attached hydrogen (secondary N) is 2. The minimum atomic E-state index is -0.916. The van der Waals surface area contributed by atoms with E-state index >= 15 is 0 Å². The second-order valence-corrected chi connectivity index (χ2v) is 9.10. The lowest BCUT2D eigenvalue weighted by molar-refractivity contribution is -0.138. The van der Waals surface area contributed by atoms with Crippen LogP contribution in [0.15, 0.2) is 29.0 Å². The lowest BCUT2D eigenvalue weighted by atomic mass is 10.1. The monoisotopic (exact) mass is 520 g/mol. The summed E-state index contributed by atoms with van der Waals surface area (Å²) in [6.45, 7) is 3.90. The Morgan fingerprint density at radius 1 is 1.27 bits per heavy atom. The summed E-state index contributed by atoms with van der Waals surface area (Å²) < 4.78 is 5.99. The number of aromatic nitrogens is 3. The predicted octanol–water partition coefficient (Wildman–Crippen LogP) is 3.22. The molecule has 1 aliphatic rings. The number of unbranched alkanes of at least 4 members (excludes halogenated alkanes) is 1. The number of carbonyl (C=O) groups is 1. The molecule has 3 heterocycles. The number of aliphatic carboxylic acids is 1. The molecule has 0 radical (unpaired) electrons. The molecule has 0 aromatic carbocycles. The Hall–Kier alpha value is -2.30. The van der Waals surface area contributed by atoms with Gasteiger partial charge in [-0.25, -0.2) is 19.7 Å². The van der Waals surface area contributed by atoms with Crippen molar-refractivity contribution >= 4 is 33.7 Å². The first-order valence-electron chi connectivity index (χ1n) is 11.5. The molecule has 0 spiro atoms. The van der Waals surface area contributed by atoms with Crippen LogP contribution in [-0.4, -0.2) is 76.9 Å². The number of halogens is 1. The highest BCUT2D eigenvalue weighted by molar-refractivity contribution is 9.10. The number of fused-ring (bicyclic) bond motifs is 1. The third kappa shape index (κ3) is 8.53. The summed E-state index contributed by atoms with van der Waals surface area (Å²) in [6, 6.07) is 3.58. The number of methoxy groups -OCH3 is 1. The standard InChI is InChI=1S/C23H33BrN6O3/c1-33-14-13-30(12-9-20(22(31)32)29-23-26-15-18(24)16-27-23)11-3-2-6-19-8-7-17-5-4-10-25-21(17)28-19/h7-8,15-16,20H,2-6,9-14H2,1H3,(H,25,28)(H,31,32)(H,26,27,29)/t20-/m0/s1. The SMILES string of the molecule is COCCN(CCCCc1ccc2c(n1)NCCC2)CC[C@H](Nc1ncc(Br)cn1)C(=O)O. The zero-order valence-electron chi connectivity index (χ0n) is 19.1. The van der Waals surface area contributed by atoms with Gasteiger partial charge in [0.25, 0.3) is 0 Å². The Morgan fingerprint density at radius 3 is 2.85 bits per heavy atom. The Kier molecular flexibility index (Phi) is 10.3. The van der Waals surface area contributed by atoms with Crippen LogP contribution < -0.4 is 10.6 Å². The Labute approximate surface area is 203 Å². The first kappa shape index (κ1) is 25.3. The number of ether oxygens (including phenoxy) is 1.